The number of hydrogen-bond acceptors (Lipinski definition) is 6. The zero-order valence-corrected chi connectivity index (χ0v) is 14.9. The number of benzene rings is 1. The van der Waals surface area contributed by atoms with E-state index in [9.17, 15) is 18.0 Å². The highest BCUT2D eigenvalue weighted by atomic mass is 32.2. The second kappa shape index (κ2) is 6.64. The summed E-state index contributed by atoms with van der Waals surface area (Å²) in [6, 6.07) is 3.15. The molecule has 1 amide bonds. The van der Waals surface area contributed by atoms with E-state index in [1.807, 2.05) is 0 Å². The Labute approximate surface area is 146 Å². The summed E-state index contributed by atoms with van der Waals surface area (Å²) in [7, 11) is -3.23. The molecule has 0 saturated carbocycles. The monoisotopic (exact) mass is 368 g/mol. The van der Waals surface area contributed by atoms with Gasteiger partial charge in [0.15, 0.2) is 17.3 Å². The van der Waals surface area contributed by atoms with Crippen molar-refractivity contribution in [3.8, 4) is 11.5 Å². The van der Waals surface area contributed by atoms with Crippen LogP contribution in [0.5, 0.6) is 11.5 Å². The molecule has 0 aliphatic carbocycles. The number of Topliss-reactive ketones (excluding diaryl/α,β-unsaturated/α-hetero) is 1. The number of anilines is 1. The molecule has 1 aromatic carbocycles. The van der Waals surface area contributed by atoms with E-state index >= 15 is 0 Å². The number of amides is 1. The Balaban J connectivity index is 1.73. The van der Waals surface area contributed by atoms with Gasteiger partial charge in [-0.2, -0.15) is 0 Å². The van der Waals surface area contributed by atoms with E-state index in [-0.39, 0.29) is 24.4 Å². The number of fused-ring (bicyclic) bond motifs is 1. The molecular formula is C16H20N2O6S. The van der Waals surface area contributed by atoms with Crippen molar-refractivity contribution in [2.24, 2.45) is 5.92 Å². The third-order valence-corrected chi connectivity index (χ3v) is 5.75. The molecule has 0 unspecified atom stereocenters. The van der Waals surface area contributed by atoms with Gasteiger partial charge >= 0.3 is 0 Å². The lowest BCUT2D eigenvalue weighted by Gasteiger charge is -2.29. The van der Waals surface area contributed by atoms with Gasteiger partial charge in [0.2, 0.25) is 22.7 Å². The van der Waals surface area contributed by atoms with E-state index in [1.165, 1.54) is 17.5 Å². The number of rotatable bonds is 4. The molecule has 9 heteroatoms. The third kappa shape index (κ3) is 3.77. The van der Waals surface area contributed by atoms with Gasteiger partial charge in [-0.3, -0.25) is 9.59 Å². The molecule has 1 saturated heterocycles. The van der Waals surface area contributed by atoms with E-state index in [4.69, 9.17) is 9.47 Å². The molecule has 0 bridgehead atoms. The largest absolute Gasteiger partial charge is 0.454 e. The van der Waals surface area contributed by atoms with Crippen LogP contribution in [0.4, 0.5) is 5.69 Å². The van der Waals surface area contributed by atoms with Crippen molar-refractivity contribution in [3.63, 3.8) is 0 Å². The van der Waals surface area contributed by atoms with Gasteiger partial charge in [-0.05, 0) is 25.8 Å². The lowest BCUT2D eigenvalue weighted by molar-refractivity contribution is -0.120. The molecule has 136 valence electrons. The summed E-state index contributed by atoms with van der Waals surface area (Å²) < 4.78 is 35.0. The normalized spacial score (nSPS) is 18.2. The third-order valence-electron chi connectivity index (χ3n) is 4.44. The SMILES string of the molecule is CC(=O)c1cc2c(cc1NC(=O)C1CCN(S(C)(=O)=O)CC1)OCO2. The second-order valence-electron chi connectivity index (χ2n) is 6.23. The number of carbonyl (C=O) groups excluding carboxylic acids is 2. The Morgan fingerprint density at radius 3 is 2.32 bits per heavy atom. The Morgan fingerprint density at radius 1 is 1.16 bits per heavy atom. The Morgan fingerprint density at radius 2 is 1.76 bits per heavy atom. The van der Waals surface area contributed by atoms with Crippen LogP contribution in [-0.2, 0) is 14.8 Å². The second-order valence-corrected chi connectivity index (χ2v) is 8.22. The molecule has 0 spiro atoms. The maximum atomic E-state index is 12.5. The van der Waals surface area contributed by atoms with Crippen molar-refractivity contribution in [1.29, 1.82) is 0 Å². The summed E-state index contributed by atoms with van der Waals surface area (Å²) in [4.78, 5) is 24.4. The quantitative estimate of drug-likeness (QED) is 0.802. The maximum Gasteiger partial charge on any atom is 0.231 e. The van der Waals surface area contributed by atoms with E-state index in [1.54, 1.807) is 12.1 Å². The van der Waals surface area contributed by atoms with Crippen molar-refractivity contribution >= 4 is 27.4 Å². The van der Waals surface area contributed by atoms with Crippen molar-refractivity contribution in [2.45, 2.75) is 19.8 Å². The summed E-state index contributed by atoms with van der Waals surface area (Å²) >= 11 is 0. The number of hydrogen-bond donors (Lipinski definition) is 1. The molecule has 2 aliphatic heterocycles. The minimum absolute atomic E-state index is 0.0774. The van der Waals surface area contributed by atoms with E-state index in [2.05, 4.69) is 5.32 Å². The standard InChI is InChI=1S/C16H20N2O6S/c1-10(19)12-7-14-15(24-9-23-14)8-13(12)17-16(20)11-3-5-18(6-4-11)25(2,21)22/h7-8,11H,3-6,9H2,1-2H3,(H,17,20). The summed E-state index contributed by atoms with van der Waals surface area (Å²) in [6.45, 7) is 2.13. The lowest BCUT2D eigenvalue weighted by Crippen LogP contribution is -2.41. The first kappa shape index (κ1) is 17.7. The zero-order valence-electron chi connectivity index (χ0n) is 14.1. The molecule has 1 fully saturated rings. The van der Waals surface area contributed by atoms with E-state index in [0.29, 0.717) is 48.7 Å². The fourth-order valence-corrected chi connectivity index (χ4v) is 3.90. The molecule has 25 heavy (non-hydrogen) atoms. The molecule has 3 rings (SSSR count). The maximum absolute atomic E-state index is 12.5. The highest BCUT2D eigenvalue weighted by Crippen LogP contribution is 2.37. The smallest absolute Gasteiger partial charge is 0.231 e. The molecule has 1 N–H and O–H groups in total. The number of nitrogens with zero attached hydrogens (tertiary/aromatic N) is 1. The van der Waals surface area contributed by atoms with Crippen LogP contribution in [0.3, 0.4) is 0 Å². The van der Waals surface area contributed by atoms with Gasteiger partial charge in [0.1, 0.15) is 0 Å². The van der Waals surface area contributed by atoms with Gasteiger partial charge < -0.3 is 14.8 Å². The molecule has 0 radical (unpaired) electrons. The fourth-order valence-electron chi connectivity index (χ4n) is 3.02. The highest BCUT2D eigenvalue weighted by molar-refractivity contribution is 7.88. The first-order valence-electron chi connectivity index (χ1n) is 7.96. The molecule has 2 heterocycles. The molecule has 2 aliphatic rings. The number of ether oxygens (including phenoxy) is 2. The van der Waals surface area contributed by atoms with Crippen molar-refractivity contribution < 1.29 is 27.5 Å². The summed E-state index contributed by atoms with van der Waals surface area (Å²) in [5, 5.41) is 2.78. The van der Waals surface area contributed by atoms with Crippen LogP contribution < -0.4 is 14.8 Å². The van der Waals surface area contributed by atoms with Crippen LogP contribution >= 0.6 is 0 Å². The Hall–Kier alpha value is -2.13. The van der Waals surface area contributed by atoms with Crippen LogP contribution in [0, 0.1) is 5.92 Å². The average molecular weight is 368 g/mol. The van der Waals surface area contributed by atoms with Crippen molar-refractivity contribution in [1.82, 2.24) is 4.31 Å². The lowest BCUT2D eigenvalue weighted by atomic mass is 9.96. The first-order chi connectivity index (χ1) is 11.8. The fraction of sp³-hybridized carbons (Fsp3) is 0.500. The predicted octanol–water partition coefficient (Wildman–Crippen LogP) is 1.23. The number of piperidine rings is 1. The van der Waals surface area contributed by atoms with Crippen molar-refractivity contribution in [2.75, 3.05) is 31.5 Å². The van der Waals surface area contributed by atoms with E-state index in [0.717, 1.165) is 0 Å². The zero-order chi connectivity index (χ0) is 18.2. The van der Waals surface area contributed by atoms with Crippen LogP contribution in [0.25, 0.3) is 0 Å². The first-order valence-corrected chi connectivity index (χ1v) is 9.81. The Kier molecular flexibility index (Phi) is 4.70. The number of sulfonamides is 1. The minimum atomic E-state index is -3.23. The number of nitrogens with one attached hydrogen (secondary N) is 1. The number of ketones is 1. The average Bonchev–Trinajstić information content (AvgIpc) is 3.00. The van der Waals surface area contributed by atoms with Gasteiger partial charge in [0.25, 0.3) is 0 Å². The molecule has 1 aromatic rings. The highest BCUT2D eigenvalue weighted by Gasteiger charge is 2.30. The van der Waals surface area contributed by atoms with Gasteiger partial charge in [0, 0.05) is 30.6 Å². The van der Waals surface area contributed by atoms with Crippen LogP contribution in [0.15, 0.2) is 12.1 Å². The van der Waals surface area contributed by atoms with Crippen LogP contribution in [-0.4, -0.2) is 50.6 Å². The molecular weight excluding hydrogens is 348 g/mol. The van der Waals surface area contributed by atoms with Crippen molar-refractivity contribution in [3.05, 3.63) is 17.7 Å². The number of carbonyl (C=O) groups is 2. The summed E-state index contributed by atoms with van der Waals surface area (Å²) in [5.41, 5.74) is 0.735. The predicted molar refractivity (Wildman–Crippen MR) is 90.3 cm³/mol. The van der Waals surface area contributed by atoms with Gasteiger partial charge in [-0.15, -0.1) is 0 Å². The van der Waals surface area contributed by atoms with E-state index < -0.39 is 10.0 Å². The molecule has 0 atom stereocenters. The van der Waals surface area contributed by atoms with Gasteiger partial charge in [-0.25, -0.2) is 12.7 Å². The Bertz CT molecular complexity index is 812. The summed E-state index contributed by atoms with van der Waals surface area (Å²) in [5.74, 6) is 0.232. The minimum Gasteiger partial charge on any atom is -0.454 e. The molecule has 8 nitrogen and oxygen atoms in total. The van der Waals surface area contributed by atoms with Gasteiger partial charge in [-0.1, -0.05) is 0 Å². The van der Waals surface area contributed by atoms with Crippen LogP contribution in [0.1, 0.15) is 30.1 Å². The topological polar surface area (TPSA) is 102 Å². The van der Waals surface area contributed by atoms with Gasteiger partial charge in [0.05, 0.1) is 11.9 Å². The van der Waals surface area contributed by atoms with Crippen LogP contribution in [0.2, 0.25) is 0 Å². The summed E-state index contributed by atoms with van der Waals surface area (Å²) in [6.07, 6.45) is 2.05. The molecule has 0 aromatic heterocycles.